The van der Waals surface area contributed by atoms with E-state index in [1.54, 1.807) is 0 Å². The molecular formula is C33H66O6Yb+6. The molecule has 0 heterocycles. The Morgan fingerprint density at radius 1 is 0.275 bits per heavy atom. The van der Waals surface area contributed by atoms with Crippen LogP contribution in [-0.4, -0.2) is 63.5 Å². The standard InChI is InChI=1S/3C11H20O2.Yb/c3*1-10(2,3)8(12)7-9(13)11(4,5)6;/h3*7H2,1-6H3;/p+6. The SMILES string of the molecule is CC(C)(C)C(=[OH+])CC(=[OH+])C(C)(C)C.CC(C)(C)C(=[OH+])CC(=[OH+])C(C)(C)C.CC(C)(C)C(=[OH+])CC(=[OH+])C(C)(C)C.[Yb]. The van der Waals surface area contributed by atoms with Gasteiger partial charge in [-0.2, -0.15) is 0 Å². The third-order valence-electron chi connectivity index (χ3n) is 6.20. The molecule has 0 aromatic heterocycles. The zero-order valence-corrected chi connectivity index (χ0v) is 30.8. The fraction of sp³-hybridized carbons (Fsp3) is 0.818. The number of ketones is 6. The molecule has 6 nitrogen and oxygen atoms in total. The van der Waals surface area contributed by atoms with Crippen molar-refractivity contribution >= 4 is 34.7 Å². The summed E-state index contributed by atoms with van der Waals surface area (Å²) in [6.07, 6.45) is 0.854. The third kappa shape index (κ3) is 22.2. The molecule has 7 heteroatoms. The van der Waals surface area contributed by atoms with Crippen molar-refractivity contribution in [2.45, 2.75) is 144 Å². The fourth-order valence-electron chi connectivity index (χ4n) is 2.07. The van der Waals surface area contributed by atoms with E-state index in [1.165, 1.54) is 0 Å². The molecule has 242 valence electrons. The summed E-state index contributed by atoms with van der Waals surface area (Å²) in [4.78, 5) is 57.9. The largest absolute Gasteiger partial charge is 0.311 e. The summed E-state index contributed by atoms with van der Waals surface area (Å²) >= 11 is 0. The molecule has 40 heavy (non-hydrogen) atoms. The maximum absolute atomic E-state index is 9.66. The number of hydrogen-bond acceptors (Lipinski definition) is 0. The van der Waals surface area contributed by atoms with Gasteiger partial charge in [-0.1, -0.05) is 0 Å². The van der Waals surface area contributed by atoms with Gasteiger partial charge in [0.2, 0.25) is 0 Å². The molecule has 0 radical (unpaired) electrons. The Hall–Kier alpha value is -0.461. The molecular weight excluding hydrogens is 665 g/mol. The van der Waals surface area contributed by atoms with Crippen LogP contribution in [0.2, 0.25) is 0 Å². The van der Waals surface area contributed by atoms with Gasteiger partial charge in [0.15, 0.2) is 19.3 Å². The maximum Gasteiger partial charge on any atom is 0.311 e. The van der Waals surface area contributed by atoms with Crippen LogP contribution in [0.4, 0.5) is 0 Å². The molecule has 0 aromatic carbocycles. The molecule has 0 spiro atoms. The van der Waals surface area contributed by atoms with Crippen molar-refractivity contribution in [1.82, 2.24) is 0 Å². The van der Waals surface area contributed by atoms with Gasteiger partial charge in [0.1, 0.15) is 0 Å². The average Bonchev–Trinajstić information content (AvgIpc) is 2.64. The van der Waals surface area contributed by atoms with Crippen molar-refractivity contribution < 1.29 is 75.7 Å². The van der Waals surface area contributed by atoms with Gasteiger partial charge in [-0.25, -0.2) is 0 Å². The summed E-state index contributed by atoms with van der Waals surface area (Å²) in [6.45, 7) is 34.7. The summed E-state index contributed by atoms with van der Waals surface area (Å²) in [5, 5.41) is 0. The van der Waals surface area contributed by atoms with Crippen LogP contribution in [0.15, 0.2) is 0 Å². The minimum Gasteiger partial charge on any atom is -0.282 e. The zero-order valence-electron chi connectivity index (χ0n) is 29.1. The molecule has 0 aliphatic carbocycles. The van der Waals surface area contributed by atoms with Gasteiger partial charge in [0.05, 0.1) is 32.5 Å². The first-order chi connectivity index (χ1) is 16.6. The number of hydrogen-bond donors (Lipinski definition) is 0. The summed E-state index contributed by atoms with van der Waals surface area (Å²) in [5.74, 6) is 2.00. The van der Waals surface area contributed by atoms with Gasteiger partial charge < -0.3 is 0 Å². The van der Waals surface area contributed by atoms with Gasteiger partial charge >= 0.3 is 34.7 Å². The summed E-state index contributed by atoms with van der Waals surface area (Å²) in [5.41, 5.74) is -1.50. The van der Waals surface area contributed by atoms with Crippen LogP contribution < -0.4 is 0 Å². The predicted octanol–water partition coefficient (Wildman–Crippen LogP) is 7.68. The fourth-order valence-corrected chi connectivity index (χ4v) is 2.07. The first-order valence-electron chi connectivity index (χ1n) is 14.0. The van der Waals surface area contributed by atoms with E-state index in [1.807, 2.05) is 125 Å². The van der Waals surface area contributed by atoms with Crippen LogP contribution in [0.3, 0.4) is 0 Å². The summed E-state index contributed by atoms with van der Waals surface area (Å²) in [7, 11) is 0. The molecule has 0 atom stereocenters. The van der Waals surface area contributed by atoms with E-state index in [9.17, 15) is 28.8 Å². The quantitative estimate of drug-likeness (QED) is 0.196. The molecule has 0 saturated heterocycles. The Balaban J connectivity index is -0.000000240. The van der Waals surface area contributed by atoms with Crippen molar-refractivity contribution in [2.75, 3.05) is 0 Å². The molecule has 6 N–H and O–H groups in total. The average molecular weight is 732 g/mol. The van der Waals surface area contributed by atoms with Crippen LogP contribution in [0, 0.1) is 79.4 Å². The third-order valence-corrected chi connectivity index (χ3v) is 6.20. The van der Waals surface area contributed by atoms with Crippen molar-refractivity contribution in [3.63, 3.8) is 0 Å². The molecule has 0 aliphatic rings. The summed E-state index contributed by atoms with van der Waals surface area (Å²) in [6, 6.07) is 0. The van der Waals surface area contributed by atoms with Crippen molar-refractivity contribution in [3.8, 4) is 0 Å². The molecule has 0 rings (SSSR count). The van der Waals surface area contributed by atoms with E-state index in [2.05, 4.69) is 0 Å². The van der Waals surface area contributed by atoms with Crippen LogP contribution in [0.1, 0.15) is 144 Å². The second-order valence-electron chi connectivity index (χ2n) is 16.7. The summed E-state index contributed by atoms with van der Waals surface area (Å²) < 4.78 is 0. The van der Waals surface area contributed by atoms with Crippen LogP contribution in [0.25, 0.3) is 0 Å². The Morgan fingerprint density at radius 3 is 0.400 bits per heavy atom. The Morgan fingerprint density at radius 2 is 0.350 bits per heavy atom. The first kappa shape index (κ1) is 46.5. The molecule has 0 amide bonds. The van der Waals surface area contributed by atoms with Gasteiger partial charge in [0, 0.05) is 46.9 Å². The smallest absolute Gasteiger partial charge is 0.282 e. The van der Waals surface area contributed by atoms with Crippen molar-refractivity contribution in [1.29, 1.82) is 0 Å². The molecule has 0 bridgehead atoms. The van der Waals surface area contributed by atoms with Crippen LogP contribution in [0.5, 0.6) is 0 Å². The van der Waals surface area contributed by atoms with E-state index in [-0.39, 0.29) is 98.7 Å². The number of rotatable bonds is 6. The topological polar surface area (TPSA) is 128 Å². The van der Waals surface area contributed by atoms with E-state index in [4.69, 9.17) is 0 Å². The van der Waals surface area contributed by atoms with Crippen LogP contribution in [-0.2, 0) is 0 Å². The van der Waals surface area contributed by atoms with Crippen molar-refractivity contribution in [3.05, 3.63) is 0 Å². The maximum atomic E-state index is 9.66. The molecule has 0 saturated carbocycles. The normalized spacial score (nSPS) is 12.4. The Labute approximate surface area is 284 Å². The molecule has 0 unspecified atom stereocenters. The van der Waals surface area contributed by atoms with Gasteiger partial charge in [0.25, 0.3) is 0 Å². The van der Waals surface area contributed by atoms with Crippen LogP contribution >= 0.6 is 0 Å². The van der Waals surface area contributed by atoms with Gasteiger partial charge in [-0.05, 0) is 125 Å². The van der Waals surface area contributed by atoms with Gasteiger partial charge in [-0.15, -0.1) is 0 Å². The number of carbonyl (C=O) groups excluding carboxylic acids is 6. The minimum atomic E-state index is -0.251. The first-order valence-corrected chi connectivity index (χ1v) is 14.0. The minimum absolute atomic E-state index is 0. The second kappa shape index (κ2) is 17.0. The molecule has 0 fully saturated rings. The molecule has 0 aliphatic heterocycles. The van der Waals surface area contributed by atoms with Gasteiger partial charge in [-0.3, -0.25) is 28.8 Å². The van der Waals surface area contributed by atoms with E-state index < -0.39 is 0 Å². The van der Waals surface area contributed by atoms with E-state index >= 15 is 0 Å². The van der Waals surface area contributed by atoms with E-state index in [0.29, 0.717) is 34.7 Å². The second-order valence-corrected chi connectivity index (χ2v) is 16.7. The Bertz CT molecular complexity index is 693. The Kier molecular flexibility index (Phi) is 19.7. The monoisotopic (exact) mass is 732 g/mol. The van der Waals surface area contributed by atoms with E-state index in [0.717, 1.165) is 0 Å². The van der Waals surface area contributed by atoms with Crippen molar-refractivity contribution in [2.24, 2.45) is 32.5 Å². The molecule has 0 aromatic rings. The predicted molar refractivity (Wildman–Crippen MR) is 172 cm³/mol. The zero-order chi connectivity index (χ0) is 32.6.